The molecular weight excluding hydrogens is 530 g/mol. The highest BCUT2D eigenvalue weighted by molar-refractivity contribution is 5.96. The first-order chi connectivity index (χ1) is 19.4. The average Bonchev–Trinajstić information content (AvgIpc) is 3.22. The summed E-state index contributed by atoms with van der Waals surface area (Å²) < 4.78 is 5.42. The SMILES string of the molecule is CCCCc1nnn([C@H]2C[C@H]3C(=O)N[C@@]4(C(=O)O)C[C@H]4/C=C\CCCCC[C@@H](NC(=O)OC(C)(C)C)C(=O)N3C2)n1. The molecule has 0 spiro atoms. The number of nitrogens with one attached hydrogen (secondary N) is 2. The summed E-state index contributed by atoms with van der Waals surface area (Å²) >= 11 is 0. The van der Waals surface area contributed by atoms with Crippen molar-refractivity contribution < 1.29 is 29.0 Å². The number of nitrogens with zero attached hydrogens (tertiary/aromatic N) is 5. The number of aromatic nitrogens is 4. The zero-order valence-electron chi connectivity index (χ0n) is 24.5. The molecule has 226 valence electrons. The minimum Gasteiger partial charge on any atom is -0.479 e. The molecule has 0 radical (unpaired) electrons. The Labute approximate surface area is 240 Å². The summed E-state index contributed by atoms with van der Waals surface area (Å²) in [5.74, 6) is -1.78. The molecule has 13 heteroatoms. The van der Waals surface area contributed by atoms with Gasteiger partial charge in [0.15, 0.2) is 5.82 Å². The second-order valence-electron chi connectivity index (χ2n) is 12.4. The van der Waals surface area contributed by atoms with E-state index < -0.39 is 53.1 Å². The van der Waals surface area contributed by atoms with Gasteiger partial charge >= 0.3 is 12.1 Å². The van der Waals surface area contributed by atoms with Gasteiger partial charge in [-0.25, -0.2) is 9.59 Å². The van der Waals surface area contributed by atoms with Gasteiger partial charge in [-0.1, -0.05) is 38.3 Å². The van der Waals surface area contributed by atoms with Crippen LogP contribution < -0.4 is 10.6 Å². The molecular formula is C28H43N7O6. The Morgan fingerprint density at radius 1 is 1.24 bits per heavy atom. The number of carbonyl (C=O) groups is 4. The molecule has 0 aromatic carbocycles. The maximum absolute atomic E-state index is 14.0. The number of rotatable bonds is 6. The third kappa shape index (κ3) is 7.42. The lowest BCUT2D eigenvalue weighted by Gasteiger charge is -2.30. The van der Waals surface area contributed by atoms with E-state index in [9.17, 15) is 24.3 Å². The summed E-state index contributed by atoms with van der Waals surface area (Å²) in [7, 11) is 0. The lowest BCUT2D eigenvalue weighted by atomic mass is 10.0. The van der Waals surface area contributed by atoms with Crippen LogP contribution in [0.4, 0.5) is 4.79 Å². The lowest BCUT2D eigenvalue weighted by molar-refractivity contribution is -0.145. The molecule has 13 nitrogen and oxygen atoms in total. The van der Waals surface area contributed by atoms with Crippen LogP contribution in [0.1, 0.15) is 97.3 Å². The fraction of sp³-hybridized carbons (Fsp3) is 0.750. The first-order valence-corrected chi connectivity index (χ1v) is 14.7. The van der Waals surface area contributed by atoms with Crippen LogP contribution in [0.15, 0.2) is 12.2 Å². The van der Waals surface area contributed by atoms with Gasteiger partial charge in [-0.15, -0.1) is 10.2 Å². The number of hydrogen-bond donors (Lipinski definition) is 3. The number of tetrazole rings is 1. The van der Waals surface area contributed by atoms with Crippen LogP contribution in [0.2, 0.25) is 0 Å². The quantitative estimate of drug-likeness (QED) is 0.433. The molecule has 3 aliphatic rings. The molecule has 1 saturated heterocycles. The first kappa shape index (κ1) is 30.4. The number of alkyl carbamates (subject to hydrolysis) is 1. The Bertz CT molecular complexity index is 1160. The number of aryl methyl sites for hydroxylation is 1. The minimum absolute atomic E-state index is 0.121. The van der Waals surface area contributed by atoms with Gasteiger partial charge < -0.3 is 25.4 Å². The molecule has 1 saturated carbocycles. The Morgan fingerprint density at radius 2 is 2.02 bits per heavy atom. The number of carboxylic acids is 1. The number of amides is 3. The number of hydrogen-bond acceptors (Lipinski definition) is 8. The molecule has 3 N–H and O–H groups in total. The van der Waals surface area contributed by atoms with Crippen molar-refractivity contribution >= 4 is 23.9 Å². The molecule has 4 rings (SSSR count). The summed E-state index contributed by atoms with van der Waals surface area (Å²) in [6.07, 6.45) is 9.69. The van der Waals surface area contributed by atoms with E-state index >= 15 is 0 Å². The van der Waals surface area contributed by atoms with E-state index in [0.717, 1.165) is 32.1 Å². The summed E-state index contributed by atoms with van der Waals surface area (Å²) in [4.78, 5) is 55.5. The zero-order valence-corrected chi connectivity index (χ0v) is 24.5. The third-order valence-electron chi connectivity index (χ3n) is 7.88. The number of unbranched alkanes of at least 4 members (excludes halogenated alkanes) is 1. The molecule has 2 fully saturated rings. The summed E-state index contributed by atoms with van der Waals surface area (Å²) in [6.45, 7) is 7.42. The molecule has 3 amide bonds. The topological polar surface area (TPSA) is 169 Å². The van der Waals surface area contributed by atoms with Gasteiger partial charge in [0, 0.05) is 25.3 Å². The van der Waals surface area contributed by atoms with Gasteiger partial charge in [-0.2, -0.15) is 4.80 Å². The molecule has 1 aromatic rings. The van der Waals surface area contributed by atoms with Crippen LogP contribution in [0, 0.1) is 5.92 Å². The van der Waals surface area contributed by atoms with Crippen molar-refractivity contribution in [3.05, 3.63) is 18.0 Å². The van der Waals surface area contributed by atoms with Gasteiger partial charge in [0.05, 0.1) is 6.04 Å². The maximum atomic E-state index is 14.0. The molecule has 1 aromatic heterocycles. The molecule has 0 bridgehead atoms. The minimum atomic E-state index is -1.40. The average molecular weight is 574 g/mol. The predicted octanol–water partition coefficient (Wildman–Crippen LogP) is 2.53. The smallest absolute Gasteiger partial charge is 0.408 e. The highest BCUT2D eigenvalue weighted by Crippen LogP contribution is 2.45. The Kier molecular flexibility index (Phi) is 9.33. The van der Waals surface area contributed by atoms with Crippen molar-refractivity contribution in [2.75, 3.05) is 6.54 Å². The molecule has 41 heavy (non-hydrogen) atoms. The second-order valence-corrected chi connectivity index (χ2v) is 12.4. The van der Waals surface area contributed by atoms with E-state index in [0.29, 0.717) is 31.5 Å². The van der Waals surface area contributed by atoms with Gasteiger partial charge in [0.1, 0.15) is 23.2 Å². The Balaban J connectivity index is 1.62. The predicted molar refractivity (Wildman–Crippen MR) is 148 cm³/mol. The van der Waals surface area contributed by atoms with Crippen molar-refractivity contribution in [2.45, 2.75) is 121 Å². The van der Waals surface area contributed by atoms with E-state index in [2.05, 4.69) is 33.0 Å². The van der Waals surface area contributed by atoms with Crippen LogP contribution in [-0.2, 0) is 25.5 Å². The Hall–Kier alpha value is -3.51. The monoisotopic (exact) mass is 573 g/mol. The number of fused-ring (bicyclic) bond motifs is 2. The summed E-state index contributed by atoms with van der Waals surface area (Å²) in [6, 6.07) is -2.31. The molecule has 1 aliphatic carbocycles. The van der Waals surface area contributed by atoms with Crippen LogP contribution >= 0.6 is 0 Å². The van der Waals surface area contributed by atoms with Crippen LogP contribution in [0.3, 0.4) is 0 Å². The van der Waals surface area contributed by atoms with Crippen molar-refractivity contribution in [3.63, 3.8) is 0 Å². The van der Waals surface area contributed by atoms with E-state index in [1.54, 1.807) is 20.8 Å². The number of aliphatic carboxylic acids is 1. The van der Waals surface area contributed by atoms with Gasteiger partial charge in [-0.3, -0.25) is 9.59 Å². The third-order valence-corrected chi connectivity index (χ3v) is 7.88. The number of allylic oxidation sites excluding steroid dienone is 1. The van der Waals surface area contributed by atoms with Crippen molar-refractivity contribution in [2.24, 2.45) is 5.92 Å². The van der Waals surface area contributed by atoms with E-state index in [1.165, 1.54) is 9.70 Å². The number of ether oxygens (including phenoxy) is 1. The zero-order chi connectivity index (χ0) is 29.8. The molecule has 5 atom stereocenters. The van der Waals surface area contributed by atoms with Gasteiger partial charge in [0.25, 0.3) is 0 Å². The lowest BCUT2D eigenvalue weighted by Crippen LogP contribution is -2.56. The van der Waals surface area contributed by atoms with Crippen LogP contribution in [-0.4, -0.2) is 83.9 Å². The van der Waals surface area contributed by atoms with Crippen LogP contribution in [0.25, 0.3) is 0 Å². The maximum Gasteiger partial charge on any atom is 0.408 e. The van der Waals surface area contributed by atoms with Crippen molar-refractivity contribution in [3.8, 4) is 0 Å². The van der Waals surface area contributed by atoms with E-state index in [4.69, 9.17) is 4.74 Å². The van der Waals surface area contributed by atoms with Crippen molar-refractivity contribution in [1.29, 1.82) is 0 Å². The van der Waals surface area contributed by atoms with Gasteiger partial charge in [0.2, 0.25) is 11.8 Å². The highest BCUT2D eigenvalue weighted by atomic mass is 16.6. The second kappa shape index (κ2) is 12.6. The fourth-order valence-corrected chi connectivity index (χ4v) is 5.54. The van der Waals surface area contributed by atoms with Gasteiger partial charge in [-0.05, 0) is 58.1 Å². The summed E-state index contributed by atoms with van der Waals surface area (Å²) in [5, 5.41) is 28.3. The molecule has 0 unspecified atom stereocenters. The fourth-order valence-electron chi connectivity index (χ4n) is 5.54. The standard InChI is InChI=1S/C28H43N7O6/c1-5-6-14-22-31-33-35(32-22)19-15-21-23(36)30-28(25(38)39)16-18(28)12-10-8-7-9-11-13-20(24(37)34(21)17-19)29-26(40)41-27(2,3)4/h10,12,18-21H,5-9,11,13-17H2,1-4H3,(H,29,40)(H,30,36)(H,38,39)/b12-10-/t18-,19+,20-,21+,28+/m1/s1. The van der Waals surface area contributed by atoms with Crippen LogP contribution in [0.5, 0.6) is 0 Å². The normalized spacial score (nSPS) is 29.8. The molecule has 3 heterocycles. The van der Waals surface area contributed by atoms with Crippen molar-refractivity contribution in [1.82, 2.24) is 35.7 Å². The number of carboxylic acid groups (broad SMARTS) is 1. The summed E-state index contributed by atoms with van der Waals surface area (Å²) in [5.41, 5.74) is -2.14. The molecule has 2 aliphatic heterocycles. The Morgan fingerprint density at radius 3 is 2.73 bits per heavy atom. The van der Waals surface area contributed by atoms with E-state index in [1.807, 2.05) is 12.2 Å². The first-order valence-electron chi connectivity index (χ1n) is 14.7. The highest BCUT2D eigenvalue weighted by Gasteiger charge is 2.61. The largest absolute Gasteiger partial charge is 0.479 e. The number of carbonyl (C=O) groups excluding carboxylic acids is 3. The van der Waals surface area contributed by atoms with E-state index in [-0.39, 0.29) is 18.9 Å².